The third kappa shape index (κ3) is 4.29. The van der Waals surface area contributed by atoms with Crippen LogP contribution in [0.1, 0.15) is 25.8 Å². The minimum atomic E-state index is -0.918. The quantitative estimate of drug-likeness (QED) is 0.420. The summed E-state index contributed by atoms with van der Waals surface area (Å²) in [5.74, 6) is -0.743. The van der Waals surface area contributed by atoms with Crippen LogP contribution in [-0.4, -0.2) is 36.9 Å². The highest BCUT2D eigenvalue weighted by atomic mass is 35.5. The van der Waals surface area contributed by atoms with Crippen LogP contribution >= 0.6 is 11.6 Å². The van der Waals surface area contributed by atoms with E-state index in [1.165, 1.54) is 18.3 Å². The van der Waals surface area contributed by atoms with Gasteiger partial charge >= 0.3 is 5.97 Å². The molecule has 0 unspecified atom stereocenters. The molecule has 4 rings (SSSR count). The molecular weight excluding hydrogens is 439 g/mol. The predicted molar refractivity (Wildman–Crippen MR) is 116 cm³/mol. The summed E-state index contributed by atoms with van der Waals surface area (Å²) < 4.78 is 27.2. The van der Waals surface area contributed by atoms with Crippen LogP contribution in [-0.2, 0) is 18.3 Å². The Bertz CT molecular complexity index is 1310. The van der Waals surface area contributed by atoms with Gasteiger partial charge in [0.15, 0.2) is 0 Å². The average Bonchev–Trinajstić information content (AvgIpc) is 3.32. The summed E-state index contributed by atoms with van der Waals surface area (Å²) >= 11 is 6.25. The number of benzene rings is 1. The summed E-state index contributed by atoms with van der Waals surface area (Å²) in [6.07, 6.45) is 3.44. The normalized spacial score (nSPS) is 11.4. The van der Waals surface area contributed by atoms with Crippen molar-refractivity contribution < 1.29 is 23.6 Å². The average molecular weight is 459 g/mol. The Hall–Kier alpha value is -3.46. The van der Waals surface area contributed by atoms with Crippen LogP contribution in [0.15, 0.2) is 35.1 Å². The maximum atomic E-state index is 14.4. The topological polar surface area (TPSA) is 103 Å². The van der Waals surface area contributed by atoms with E-state index in [0.29, 0.717) is 32.9 Å². The Labute approximate surface area is 187 Å². The van der Waals surface area contributed by atoms with Crippen molar-refractivity contribution in [3.63, 3.8) is 0 Å². The lowest BCUT2D eigenvalue weighted by molar-refractivity contribution is -0.136. The van der Waals surface area contributed by atoms with Crippen molar-refractivity contribution in [3.8, 4) is 28.7 Å². The largest absolute Gasteiger partial charge is 0.481 e. The van der Waals surface area contributed by atoms with Gasteiger partial charge in [-0.3, -0.25) is 4.79 Å². The van der Waals surface area contributed by atoms with E-state index in [-0.39, 0.29) is 30.7 Å². The molecule has 0 atom stereocenters. The van der Waals surface area contributed by atoms with Crippen LogP contribution in [0.4, 0.5) is 4.39 Å². The molecular formula is C22H20ClFN4O4. The van der Waals surface area contributed by atoms with Crippen molar-refractivity contribution in [1.29, 1.82) is 0 Å². The number of hydrogen-bond acceptors (Lipinski definition) is 6. The fourth-order valence-electron chi connectivity index (χ4n) is 3.51. The number of aliphatic carboxylic acids is 1. The Balaban J connectivity index is 1.74. The molecule has 4 aromatic rings. The van der Waals surface area contributed by atoms with Crippen LogP contribution in [0.2, 0.25) is 5.02 Å². The lowest BCUT2D eigenvalue weighted by atomic mass is 10.0. The number of fused-ring (bicyclic) bond motifs is 1. The molecule has 3 heterocycles. The zero-order valence-electron chi connectivity index (χ0n) is 17.6. The Morgan fingerprint density at radius 3 is 2.81 bits per heavy atom. The van der Waals surface area contributed by atoms with E-state index in [1.54, 1.807) is 23.9 Å². The van der Waals surface area contributed by atoms with E-state index in [0.717, 1.165) is 5.56 Å². The number of aromatic nitrogens is 4. The monoisotopic (exact) mass is 458 g/mol. The number of carboxylic acid groups (broad SMARTS) is 1. The Kier molecular flexibility index (Phi) is 5.84. The van der Waals surface area contributed by atoms with E-state index in [9.17, 15) is 9.18 Å². The number of nitrogens with zero attached hydrogens (tertiary/aromatic N) is 4. The molecule has 0 aliphatic heterocycles. The molecule has 0 fully saturated rings. The van der Waals surface area contributed by atoms with E-state index in [2.05, 4.69) is 15.1 Å². The molecule has 0 saturated carbocycles. The van der Waals surface area contributed by atoms with Crippen molar-refractivity contribution in [3.05, 3.63) is 47.0 Å². The zero-order chi connectivity index (χ0) is 23.0. The van der Waals surface area contributed by atoms with E-state index >= 15 is 0 Å². The summed E-state index contributed by atoms with van der Waals surface area (Å²) in [6.45, 7) is 3.74. The van der Waals surface area contributed by atoms with E-state index in [4.69, 9.17) is 26.0 Å². The van der Waals surface area contributed by atoms with Gasteiger partial charge in [-0.1, -0.05) is 16.8 Å². The fraction of sp³-hybridized carbons (Fsp3) is 0.273. The number of ether oxygens (including phenoxy) is 1. The van der Waals surface area contributed by atoms with Crippen molar-refractivity contribution >= 4 is 28.5 Å². The van der Waals surface area contributed by atoms with Crippen molar-refractivity contribution in [1.82, 2.24) is 19.7 Å². The number of pyridine rings is 1. The first-order chi connectivity index (χ1) is 15.2. The first-order valence-corrected chi connectivity index (χ1v) is 10.3. The minimum Gasteiger partial charge on any atom is -0.481 e. The summed E-state index contributed by atoms with van der Waals surface area (Å²) in [6, 6.07) is 4.31. The molecule has 0 amide bonds. The highest BCUT2D eigenvalue weighted by Gasteiger charge is 2.20. The van der Waals surface area contributed by atoms with Gasteiger partial charge in [0.05, 0.1) is 17.2 Å². The highest BCUT2D eigenvalue weighted by molar-refractivity contribution is 6.32. The van der Waals surface area contributed by atoms with Gasteiger partial charge in [0, 0.05) is 36.8 Å². The summed E-state index contributed by atoms with van der Waals surface area (Å²) in [4.78, 5) is 19.6. The van der Waals surface area contributed by atoms with Gasteiger partial charge in [0.2, 0.25) is 11.7 Å². The SMILES string of the molecule is CC(C)Oc1ncc(-c2nc(-c3cc(F)cc4c(CCC(=O)O)cn(C)c34)no2)cc1Cl. The van der Waals surface area contributed by atoms with E-state index < -0.39 is 11.8 Å². The third-order valence-corrected chi connectivity index (χ3v) is 5.07. The lowest BCUT2D eigenvalue weighted by Gasteiger charge is -2.09. The Morgan fingerprint density at radius 1 is 1.34 bits per heavy atom. The van der Waals surface area contributed by atoms with Gasteiger partial charge < -0.3 is 18.9 Å². The van der Waals surface area contributed by atoms with Crippen LogP contribution in [0.5, 0.6) is 5.88 Å². The predicted octanol–water partition coefficient (Wildman–Crippen LogP) is 4.89. The molecule has 32 heavy (non-hydrogen) atoms. The number of aryl methyl sites for hydroxylation is 2. The van der Waals surface area contributed by atoms with Crippen LogP contribution in [0.3, 0.4) is 0 Å². The summed E-state index contributed by atoms with van der Waals surface area (Å²) in [5.41, 5.74) is 2.33. The summed E-state index contributed by atoms with van der Waals surface area (Å²) in [7, 11) is 1.80. The van der Waals surface area contributed by atoms with Crippen LogP contribution < -0.4 is 4.74 Å². The van der Waals surface area contributed by atoms with Crippen LogP contribution in [0.25, 0.3) is 33.7 Å². The number of carbonyl (C=O) groups is 1. The van der Waals surface area contributed by atoms with Crippen molar-refractivity contribution in [2.45, 2.75) is 32.8 Å². The second-order valence-corrected chi connectivity index (χ2v) is 8.02. The number of hydrogen-bond donors (Lipinski definition) is 1. The molecule has 0 spiro atoms. The highest BCUT2D eigenvalue weighted by Crippen LogP contribution is 2.34. The molecule has 0 bridgehead atoms. The number of rotatable bonds is 7. The number of carboxylic acids is 1. The number of halogens is 2. The van der Waals surface area contributed by atoms with Gasteiger partial charge in [0.25, 0.3) is 5.89 Å². The molecule has 1 N–H and O–H groups in total. The van der Waals surface area contributed by atoms with Gasteiger partial charge in [-0.15, -0.1) is 0 Å². The van der Waals surface area contributed by atoms with E-state index in [1.807, 2.05) is 13.8 Å². The molecule has 10 heteroatoms. The fourth-order valence-corrected chi connectivity index (χ4v) is 3.72. The van der Waals surface area contributed by atoms with Crippen LogP contribution in [0, 0.1) is 5.82 Å². The maximum Gasteiger partial charge on any atom is 0.303 e. The second kappa shape index (κ2) is 8.58. The second-order valence-electron chi connectivity index (χ2n) is 7.61. The maximum absolute atomic E-state index is 14.4. The van der Waals surface area contributed by atoms with Gasteiger partial charge in [-0.2, -0.15) is 4.98 Å². The molecule has 0 radical (unpaired) electrons. The first kappa shape index (κ1) is 21.8. The molecule has 8 nitrogen and oxygen atoms in total. The molecule has 3 aromatic heterocycles. The minimum absolute atomic E-state index is 0.0540. The first-order valence-electron chi connectivity index (χ1n) is 9.89. The van der Waals surface area contributed by atoms with Gasteiger partial charge in [-0.25, -0.2) is 9.37 Å². The third-order valence-electron chi connectivity index (χ3n) is 4.80. The van der Waals surface area contributed by atoms with Crippen molar-refractivity contribution in [2.24, 2.45) is 7.05 Å². The zero-order valence-corrected chi connectivity index (χ0v) is 18.4. The summed E-state index contributed by atoms with van der Waals surface area (Å²) in [5, 5.41) is 13.9. The Morgan fingerprint density at radius 2 is 2.12 bits per heavy atom. The smallest absolute Gasteiger partial charge is 0.303 e. The molecule has 0 aliphatic carbocycles. The lowest BCUT2D eigenvalue weighted by Crippen LogP contribution is -2.07. The van der Waals surface area contributed by atoms with Crippen molar-refractivity contribution in [2.75, 3.05) is 0 Å². The van der Waals surface area contributed by atoms with Gasteiger partial charge in [-0.05, 0) is 44.0 Å². The molecule has 1 aromatic carbocycles. The van der Waals surface area contributed by atoms with Gasteiger partial charge in [0.1, 0.15) is 10.8 Å². The molecule has 0 saturated heterocycles. The molecule has 0 aliphatic rings. The molecule has 166 valence electrons. The standard InChI is InChI=1S/C22H20ClFN4O4/c1-11(2)31-22-17(23)6-13(9-25-22)21-26-20(27-32-21)16-8-14(24)7-15-12(4-5-18(29)30)10-28(3)19(15)16/h6-11H,4-5H2,1-3H3,(H,29,30).